The third kappa shape index (κ3) is 3.66. The predicted octanol–water partition coefficient (Wildman–Crippen LogP) is 2.29. The zero-order valence-electron chi connectivity index (χ0n) is 10.3. The Kier molecular flexibility index (Phi) is 4.07. The SMILES string of the molecule is COC(C(=O)NC(C)(C)C)c1ccccc1. The van der Waals surface area contributed by atoms with Gasteiger partial charge in [0.05, 0.1) is 0 Å². The van der Waals surface area contributed by atoms with E-state index in [2.05, 4.69) is 5.32 Å². The molecule has 0 heterocycles. The van der Waals surface area contributed by atoms with Crippen LogP contribution in [0.1, 0.15) is 32.4 Å². The van der Waals surface area contributed by atoms with Crippen molar-refractivity contribution in [1.82, 2.24) is 5.32 Å². The molecule has 0 aliphatic rings. The van der Waals surface area contributed by atoms with E-state index >= 15 is 0 Å². The van der Waals surface area contributed by atoms with Crippen molar-refractivity contribution in [2.24, 2.45) is 0 Å². The molecule has 1 unspecified atom stereocenters. The molecule has 16 heavy (non-hydrogen) atoms. The summed E-state index contributed by atoms with van der Waals surface area (Å²) >= 11 is 0. The first kappa shape index (κ1) is 12.7. The van der Waals surface area contributed by atoms with E-state index in [1.54, 1.807) is 7.11 Å². The molecule has 1 atom stereocenters. The summed E-state index contributed by atoms with van der Waals surface area (Å²) in [6, 6.07) is 9.47. The monoisotopic (exact) mass is 221 g/mol. The van der Waals surface area contributed by atoms with Crippen molar-refractivity contribution in [2.75, 3.05) is 7.11 Å². The molecular weight excluding hydrogens is 202 g/mol. The van der Waals surface area contributed by atoms with E-state index in [0.29, 0.717) is 0 Å². The second kappa shape index (κ2) is 5.12. The van der Waals surface area contributed by atoms with Crippen LogP contribution in [0.25, 0.3) is 0 Å². The van der Waals surface area contributed by atoms with Gasteiger partial charge in [-0.2, -0.15) is 0 Å². The van der Waals surface area contributed by atoms with Crippen LogP contribution in [0.3, 0.4) is 0 Å². The lowest BCUT2D eigenvalue weighted by molar-refractivity contribution is -0.132. The van der Waals surface area contributed by atoms with Gasteiger partial charge in [-0.1, -0.05) is 30.3 Å². The molecule has 88 valence electrons. The third-order valence-electron chi connectivity index (χ3n) is 2.07. The fourth-order valence-electron chi connectivity index (χ4n) is 1.46. The van der Waals surface area contributed by atoms with Gasteiger partial charge in [-0.15, -0.1) is 0 Å². The number of hydrogen-bond acceptors (Lipinski definition) is 2. The molecule has 1 aromatic rings. The molecule has 1 aromatic carbocycles. The number of rotatable bonds is 3. The van der Waals surface area contributed by atoms with Gasteiger partial charge in [0.15, 0.2) is 6.10 Å². The molecule has 0 spiro atoms. The highest BCUT2D eigenvalue weighted by Crippen LogP contribution is 2.17. The Labute approximate surface area is 96.8 Å². The van der Waals surface area contributed by atoms with E-state index in [1.807, 2.05) is 51.1 Å². The Balaban J connectivity index is 2.80. The quantitative estimate of drug-likeness (QED) is 0.850. The van der Waals surface area contributed by atoms with Crippen LogP contribution in [0.4, 0.5) is 0 Å². The molecule has 0 saturated heterocycles. The number of nitrogens with one attached hydrogen (secondary N) is 1. The largest absolute Gasteiger partial charge is 0.367 e. The molecule has 0 bridgehead atoms. The highest BCUT2D eigenvalue weighted by Gasteiger charge is 2.23. The number of carbonyl (C=O) groups excluding carboxylic acids is 1. The first-order chi connectivity index (χ1) is 7.44. The number of benzene rings is 1. The van der Waals surface area contributed by atoms with Gasteiger partial charge in [0.25, 0.3) is 5.91 Å². The molecule has 3 heteroatoms. The maximum atomic E-state index is 12.0. The smallest absolute Gasteiger partial charge is 0.254 e. The zero-order valence-corrected chi connectivity index (χ0v) is 10.3. The fraction of sp³-hybridized carbons (Fsp3) is 0.462. The minimum absolute atomic E-state index is 0.110. The van der Waals surface area contributed by atoms with Crippen molar-refractivity contribution in [1.29, 1.82) is 0 Å². The number of amides is 1. The summed E-state index contributed by atoms with van der Waals surface area (Å²) in [5.74, 6) is -0.110. The number of hydrogen-bond donors (Lipinski definition) is 1. The van der Waals surface area contributed by atoms with Gasteiger partial charge in [0, 0.05) is 12.6 Å². The van der Waals surface area contributed by atoms with Crippen molar-refractivity contribution in [3.05, 3.63) is 35.9 Å². The normalized spacial score (nSPS) is 13.2. The molecule has 0 aromatic heterocycles. The van der Waals surface area contributed by atoms with Crippen molar-refractivity contribution in [3.63, 3.8) is 0 Å². The standard InChI is InChI=1S/C13H19NO2/c1-13(2,3)14-12(15)11(16-4)10-8-6-5-7-9-10/h5-9,11H,1-4H3,(H,14,15). The van der Waals surface area contributed by atoms with Gasteiger partial charge in [0.2, 0.25) is 0 Å². The molecule has 1 amide bonds. The van der Waals surface area contributed by atoms with Crippen LogP contribution >= 0.6 is 0 Å². The van der Waals surface area contributed by atoms with E-state index in [4.69, 9.17) is 4.74 Å². The van der Waals surface area contributed by atoms with Gasteiger partial charge in [0.1, 0.15) is 0 Å². The minimum atomic E-state index is -0.541. The Morgan fingerprint density at radius 2 is 1.81 bits per heavy atom. The van der Waals surface area contributed by atoms with Crippen LogP contribution < -0.4 is 5.32 Å². The molecular formula is C13H19NO2. The zero-order chi connectivity index (χ0) is 12.2. The molecule has 3 nitrogen and oxygen atoms in total. The molecule has 0 aliphatic heterocycles. The van der Waals surface area contributed by atoms with Gasteiger partial charge in [-0.05, 0) is 26.3 Å². The van der Waals surface area contributed by atoms with E-state index < -0.39 is 6.10 Å². The Bertz CT molecular complexity index is 341. The lowest BCUT2D eigenvalue weighted by Crippen LogP contribution is -2.43. The Hall–Kier alpha value is -1.35. The second-order valence-corrected chi connectivity index (χ2v) is 4.77. The lowest BCUT2D eigenvalue weighted by Gasteiger charge is -2.24. The minimum Gasteiger partial charge on any atom is -0.367 e. The Morgan fingerprint density at radius 3 is 2.25 bits per heavy atom. The predicted molar refractivity (Wildman–Crippen MR) is 64.1 cm³/mol. The van der Waals surface area contributed by atoms with Crippen LogP contribution in [-0.2, 0) is 9.53 Å². The summed E-state index contributed by atoms with van der Waals surface area (Å²) in [5.41, 5.74) is 0.620. The first-order valence-electron chi connectivity index (χ1n) is 5.34. The highest BCUT2D eigenvalue weighted by atomic mass is 16.5. The number of carbonyl (C=O) groups is 1. The van der Waals surface area contributed by atoms with Crippen molar-refractivity contribution in [2.45, 2.75) is 32.4 Å². The molecule has 1 rings (SSSR count). The first-order valence-corrected chi connectivity index (χ1v) is 5.34. The van der Waals surface area contributed by atoms with E-state index in [-0.39, 0.29) is 11.4 Å². The highest BCUT2D eigenvalue weighted by molar-refractivity contribution is 5.82. The van der Waals surface area contributed by atoms with Crippen LogP contribution in [-0.4, -0.2) is 18.6 Å². The van der Waals surface area contributed by atoms with Crippen LogP contribution in [0.5, 0.6) is 0 Å². The number of methoxy groups -OCH3 is 1. The molecule has 0 saturated carbocycles. The van der Waals surface area contributed by atoms with Crippen molar-refractivity contribution >= 4 is 5.91 Å². The van der Waals surface area contributed by atoms with Gasteiger partial charge in [-0.25, -0.2) is 0 Å². The summed E-state index contributed by atoms with van der Waals surface area (Å²) < 4.78 is 5.23. The maximum Gasteiger partial charge on any atom is 0.254 e. The molecule has 1 N–H and O–H groups in total. The summed E-state index contributed by atoms with van der Waals surface area (Å²) in [7, 11) is 1.54. The molecule has 0 fully saturated rings. The third-order valence-corrected chi connectivity index (χ3v) is 2.07. The molecule has 0 radical (unpaired) electrons. The van der Waals surface area contributed by atoms with Gasteiger partial charge >= 0.3 is 0 Å². The topological polar surface area (TPSA) is 38.3 Å². The summed E-state index contributed by atoms with van der Waals surface area (Å²) in [6.45, 7) is 5.84. The molecule has 0 aliphatic carbocycles. The second-order valence-electron chi connectivity index (χ2n) is 4.77. The number of ether oxygens (including phenoxy) is 1. The van der Waals surface area contributed by atoms with Crippen molar-refractivity contribution < 1.29 is 9.53 Å². The van der Waals surface area contributed by atoms with Gasteiger partial charge < -0.3 is 10.1 Å². The van der Waals surface area contributed by atoms with E-state index in [9.17, 15) is 4.79 Å². The summed E-state index contributed by atoms with van der Waals surface area (Å²) in [5, 5.41) is 2.90. The van der Waals surface area contributed by atoms with Crippen LogP contribution in [0.15, 0.2) is 30.3 Å². The van der Waals surface area contributed by atoms with Crippen LogP contribution in [0.2, 0.25) is 0 Å². The van der Waals surface area contributed by atoms with Crippen molar-refractivity contribution in [3.8, 4) is 0 Å². The summed E-state index contributed by atoms with van der Waals surface area (Å²) in [6.07, 6.45) is -0.541. The maximum absolute atomic E-state index is 12.0. The Morgan fingerprint density at radius 1 is 1.25 bits per heavy atom. The summed E-state index contributed by atoms with van der Waals surface area (Å²) in [4.78, 5) is 12.0. The lowest BCUT2D eigenvalue weighted by atomic mass is 10.1. The fourth-order valence-corrected chi connectivity index (χ4v) is 1.46. The van der Waals surface area contributed by atoms with E-state index in [1.165, 1.54) is 0 Å². The average molecular weight is 221 g/mol. The average Bonchev–Trinajstić information content (AvgIpc) is 2.17. The van der Waals surface area contributed by atoms with E-state index in [0.717, 1.165) is 5.56 Å². The van der Waals surface area contributed by atoms with Crippen LogP contribution in [0, 0.1) is 0 Å². The van der Waals surface area contributed by atoms with Gasteiger partial charge in [-0.3, -0.25) is 4.79 Å².